The highest BCUT2D eigenvalue weighted by atomic mass is 16.3. The van der Waals surface area contributed by atoms with E-state index in [9.17, 15) is 19.8 Å². The van der Waals surface area contributed by atoms with E-state index in [1.54, 1.807) is 13.8 Å². The second-order valence-corrected chi connectivity index (χ2v) is 5.78. The van der Waals surface area contributed by atoms with E-state index in [1.807, 2.05) is 6.92 Å². The number of rotatable bonds is 9. The molecule has 8 nitrogen and oxygen atoms in total. The second kappa shape index (κ2) is 9.79. The van der Waals surface area contributed by atoms with Crippen LogP contribution in [0.4, 0.5) is 11.6 Å². The molecule has 0 radical (unpaired) electrons. The first-order valence-electron chi connectivity index (χ1n) is 8.31. The Morgan fingerprint density at radius 2 is 1.35 bits per heavy atom. The topological polar surface area (TPSA) is 107 Å². The summed E-state index contributed by atoms with van der Waals surface area (Å²) in [7, 11) is 0. The Morgan fingerprint density at radius 1 is 0.962 bits per heavy atom. The minimum atomic E-state index is -0.384. The maximum atomic E-state index is 12.4. The molecule has 1 rings (SSSR count). The van der Waals surface area contributed by atoms with Crippen molar-refractivity contribution in [1.82, 2.24) is 9.97 Å². The third-order valence-electron chi connectivity index (χ3n) is 3.48. The third-order valence-corrected chi connectivity index (χ3v) is 3.48. The molecule has 1 heterocycles. The normalized spacial score (nSPS) is 10.3. The molecule has 2 N–H and O–H groups in total. The minimum Gasteiger partial charge on any atom is -0.395 e. The summed E-state index contributed by atoms with van der Waals surface area (Å²) >= 11 is 0. The maximum absolute atomic E-state index is 12.4. The molecular weight excluding hydrogens is 336 g/mol. The summed E-state index contributed by atoms with van der Waals surface area (Å²) in [6.45, 7) is 11.8. The van der Waals surface area contributed by atoms with Gasteiger partial charge in [-0.2, -0.15) is 0 Å². The van der Waals surface area contributed by atoms with Crippen LogP contribution < -0.4 is 9.80 Å². The molecule has 8 heteroatoms. The zero-order valence-electron chi connectivity index (χ0n) is 15.5. The molecule has 0 aliphatic carbocycles. The molecule has 1 aromatic heterocycles. The van der Waals surface area contributed by atoms with E-state index in [4.69, 9.17) is 0 Å². The van der Waals surface area contributed by atoms with Crippen LogP contribution in [0, 0.1) is 0 Å². The fourth-order valence-electron chi connectivity index (χ4n) is 2.21. The van der Waals surface area contributed by atoms with Crippen molar-refractivity contribution in [3.05, 3.63) is 36.2 Å². The van der Waals surface area contributed by atoms with Crippen molar-refractivity contribution < 1.29 is 19.8 Å². The van der Waals surface area contributed by atoms with Crippen molar-refractivity contribution >= 4 is 23.5 Å². The van der Waals surface area contributed by atoms with Gasteiger partial charge < -0.3 is 10.2 Å². The van der Waals surface area contributed by atoms with E-state index in [-0.39, 0.29) is 49.8 Å². The largest absolute Gasteiger partial charge is 0.395 e. The van der Waals surface area contributed by atoms with Gasteiger partial charge >= 0.3 is 0 Å². The molecule has 0 bridgehead atoms. The fraction of sp³-hybridized carbons (Fsp3) is 0.444. The molecule has 0 spiro atoms. The number of amides is 2. The lowest BCUT2D eigenvalue weighted by Crippen LogP contribution is -2.37. The first kappa shape index (κ1) is 21.5. The molecule has 0 aliphatic heterocycles. The Morgan fingerprint density at radius 3 is 1.62 bits per heavy atom. The van der Waals surface area contributed by atoms with Gasteiger partial charge in [-0.1, -0.05) is 20.1 Å². The molecule has 0 unspecified atom stereocenters. The van der Waals surface area contributed by atoms with Crippen LogP contribution in [0.3, 0.4) is 0 Å². The summed E-state index contributed by atoms with van der Waals surface area (Å²) in [5.41, 5.74) is 0.587. The predicted molar refractivity (Wildman–Crippen MR) is 99.9 cm³/mol. The number of carbonyl (C=O) groups is 2. The summed E-state index contributed by atoms with van der Waals surface area (Å²) in [5, 5.41) is 18.6. The molecule has 142 valence electrons. The van der Waals surface area contributed by atoms with Crippen LogP contribution in [0.5, 0.6) is 0 Å². The van der Waals surface area contributed by atoms with Crippen molar-refractivity contribution in [2.45, 2.75) is 27.2 Å². The average molecular weight is 362 g/mol. The van der Waals surface area contributed by atoms with Crippen LogP contribution in [-0.4, -0.2) is 58.3 Å². The Balaban J connectivity index is 3.48. The zero-order chi connectivity index (χ0) is 19.9. The van der Waals surface area contributed by atoms with Gasteiger partial charge in [-0.25, -0.2) is 9.97 Å². The second-order valence-electron chi connectivity index (χ2n) is 5.78. The third kappa shape index (κ3) is 5.21. The van der Waals surface area contributed by atoms with Crippen molar-refractivity contribution in [2.24, 2.45) is 0 Å². The van der Waals surface area contributed by atoms with Crippen molar-refractivity contribution in [1.29, 1.82) is 0 Å². The van der Waals surface area contributed by atoms with Crippen molar-refractivity contribution in [3.8, 4) is 0 Å². The van der Waals surface area contributed by atoms with Crippen LogP contribution in [0.1, 0.15) is 26.6 Å². The maximum Gasteiger partial charge on any atom is 0.254 e. The lowest BCUT2D eigenvalue weighted by molar-refractivity contribution is -0.115. The number of aliphatic hydroxyl groups is 2. The Hall–Kier alpha value is -2.58. The van der Waals surface area contributed by atoms with Gasteiger partial charge in [-0.15, -0.1) is 0 Å². The molecule has 0 aliphatic rings. The lowest BCUT2D eigenvalue weighted by atomic mass is 10.2. The number of carbonyl (C=O) groups excluding carboxylic acids is 2. The summed E-state index contributed by atoms with van der Waals surface area (Å²) in [5.74, 6) is 0.168. The van der Waals surface area contributed by atoms with E-state index in [2.05, 4.69) is 23.1 Å². The number of anilines is 2. The summed E-state index contributed by atoms with van der Waals surface area (Å²) in [6.07, 6.45) is 0.475. The highest BCUT2D eigenvalue weighted by Gasteiger charge is 2.23. The number of aryl methyl sites for hydroxylation is 1. The molecule has 2 amide bonds. The standard InChI is InChI=1S/C18H26N4O4/c1-6-14-19-15(21(7-9-23)17(25)12(2)3)11-16(20-14)22(8-10-24)18(26)13(4)5/h11,23-24H,2,4,6-10H2,1,3,5H3. The first-order valence-corrected chi connectivity index (χ1v) is 8.31. The fourth-order valence-corrected chi connectivity index (χ4v) is 2.21. The lowest BCUT2D eigenvalue weighted by Gasteiger charge is -2.25. The summed E-state index contributed by atoms with van der Waals surface area (Å²) in [6, 6.07) is 1.48. The van der Waals surface area contributed by atoms with Gasteiger partial charge in [0.25, 0.3) is 11.8 Å². The van der Waals surface area contributed by atoms with E-state index in [0.717, 1.165) is 0 Å². The zero-order valence-corrected chi connectivity index (χ0v) is 15.5. The van der Waals surface area contributed by atoms with Gasteiger partial charge in [0.05, 0.1) is 26.3 Å². The molecule has 0 fully saturated rings. The van der Waals surface area contributed by atoms with Crippen LogP contribution in [0.15, 0.2) is 30.4 Å². The number of aliphatic hydroxyl groups excluding tert-OH is 2. The summed E-state index contributed by atoms with van der Waals surface area (Å²) < 4.78 is 0. The molecule has 0 atom stereocenters. The molecule has 26 heavy (non-hydrogen) atoms. The highest BCUT2D eigenvalue weighted by Crippen LogP contribution is 2.22. The van der Waals surface area contributed by atoms with E-state index in [0.29, 0.717) is 23.4 Å². The number of hydrogen-bond acceptors (Lipinski definition) is 6. The van der Waals surface area contributed by atoms with Crippen molar-refractivity contribution in [2.75, 3.05) is 36.1 Å². The van der Waals surface area contributed by atoms with Crippen LogP contribution in [0.2, 0.25) is 0 Å². The molecule has 0 aromatic carbocycles. The number of nitrogens with zero attached hydrogens (tertiary/aromatic N) is 4. The Labute approximate surface area is 153 Å². The number of aromatic nitrogens is 2. The molecular formula is C18H26N4O4. The van der Waals surface area contributed by atoms with Gasteiger partial charge in [0, 0.05) is 23.6 Å². The Kier molecular flexibility index (Phi) is 8.08. The predicted octanol–water partition coefficient (Wildman–Crippen LogP) is 0.842. The van der Waals surface area contributed by atoms with Gasteiger partial charge in [0.2, 0.25) is 0 Å². The van der Waals surface area contributed by atoms with Gasteiger partial charge in [-0.05, 0) is 13.8 Å². The smallest absolute Gasteiger partial charge is 0.254 e. The van der Waals surface area contributed by atoms with Gasteiger partial charge in [-0.3, -0.25) is 19.4 Å². The molecule has 0 saturated carbocycles. The van der Waals surface area contributed by atoms with Crippen LogP contribution in [0.25, 0.3) is 0 Å². The quantitative estimate of drug-likeness (QED) is 0.631. The van der Waals surface area contributed by atoms with Gasteiger partial charge in [0.15, 0.2) is 0 Å². The average Bonchev–Trinajstić information content (AvgIpc) is 2.62. The molecule has 0 saturated heterocycles. The monoisotopic (exact) mass is 362 g/mol. The van der Waals surface area contributed by atoms with Crippen molar-refractivity contribution in [3.63, 3.8) is 0 Å². The van der Waals surface area contributed by atoms with Crippen LogP contribution in [-0.2, 0) is 16.0 Å². The molecule has 1 aromatic rings. The van der Waals surface area contributed by atoms with E-state index < -0.39 is 0 Å². The first-order chi connectivity index (χ1) is 12.3. The van der Waals surface area contributed by atoms with E-state index in [1.165, 1.54) is 15.9 Å². The highest BCUT2D eigenvalue weighted by molar-refractivity contribution is 6.06. The van der Waals surface area contributed by atoms with Gasteiger partial charge in [0.1, 0.15) is 17.5 Å². The van der Waals surface area contributed by atoms with E-state index >= 15 is 0 Å². The number of hydrogen-bond donors (Lipinski definition) is 2. The SMILES string of the molecule is C=C(C)C(=O)N(CCO)c1cc(N(CCO)C(=O)C(=C)C)nc(CC)n1. The minimum absolute atomic E-state index is 0.0275. The summed E-state index contributed by atoms with van der Waals surface area (Å²) in [4.78, 5) is 36.1. The Bertz CT molecular complexity index is 648. The van der Waals surface area contributed by atoms with Crippen LogP contribution >= 0.6 is 0 Å².